The second-order valence-corrected chi connectivity index (χ2v) is 11.6. The Bertz CT molecular complexity index is 1240. The van der Waals surface area contributed by atoms with Crippen molar-refractivity contribution in [2.45, 2.75) is 11.8 Å². The number of halogens is 3. The number of sulfonamides is 1. The van der Waals surface area contributed by atoms with Crippen LogP contribution in [-0.4, -0.2) is 32.5 Å². The molecule has 3 aliphatic rings. The Labute approximate surface area is 204 Å². The van der Waals surface area contributed by atoms with Gasteiger partial charge in [0.1, 0.15) is 0 Å². The minimum atomic E-state index is -3.94. The number of benzene rings is 1. The summed E-state index contributed by atoms with van der Waals surface area (Å²) in [5, 5.41) is 0. The molecule has 1 amide bonds. The minimum Gasteiger partial charge on any atom is -0.456 e. The van der Waals surface area contributed by atoms with E-state index in [2.05, 4.69) is 45.2 Å². The summed E-state index contributed by atoms with van der Waals surface area (Å²) in [5.41, 5.74) is -1.75. The molecule has 29 heavy (non-hydrogen) atoms. The van der Waals surface area contributed by atoms with Gasteiger partial charge in [0.25, 0.3) is 5.91 Å². The van der Waals surface area contributed by atoms with E-state index in [0.717, 1.165) is 13.4 Å². The Morgan fingerprint density at radius 1 is 1.24 bits per heavy atom. The number of hydrogen-bond donors (Lipinski definition) is 1. The Kier molecular flexibility index (Phi) is 5.17. The smallest absolute Gasteiger partial charge is 0.344 e. The second-order valence-electron chi connectivity index (χ2n) is 6.33. The Morgan fingerprint density at radius 3 is 2.59 bits per heavy atom. The molecule has 152 valence electrons. The Balaban J connectivity index is 1.74. The highest BCUT2D eigenvalue weighted by Crippen LogP contribution is 2.57. The van der Waals surface area contributed by atoms with E-state index in [1.54, 1.807) is 10.8 Å². The van der Waals surface area contributed by atoms with Crippen LogP contribution in [0.15, 0.2) is 16.5 Å². The summed E-state index contributed by atoms with van der Waals surface area (Å²) < 4.78 is 43.1. The van der Waals surface area contributed by atoms with Crippen LogP contribution in [0, 0.1) is 10.7 Å². The van der Waals surface area contributed by atoms with Crippen molar-refractivity contribution >= 4 is 95.6 Å². The number of amides is 1. The number of rotatable bonds is 4. The summed E-state index contributed by atoms with van der Waals surface area (Å²) in [5.74, 6) is -3.19. The predicted octanol–water partition coefficient (Wildman–Crippen LogP) is 2.10. The van der Waals surface area contributed by atoms with Gasteiger partial charge in [-0.3, -0.25) is 9.52 Å². The molecule has 1 atom stereocenters. The molecule has 5 rings (SSSR count). The summed E-state index contributed by atoms with van der Waals surface area (Å²) in [7, 11) is -3.94. The third kappa shape index (κ3) is 3.36. The monoisotopic (exact) mass is 755 g/mol. The van der Waals surface area contributed by atoms with Crippen molar-refractivity contribution in [3.63, 3.8) is 0 Å². The maximum atomic E-state index is 12.8. The first-order valence-electron chi connectivity index (χ1n) is 7.71. The number of ether oxygens (including phenoxy) is 2. The quantitative estimate of drug-likeness (QED) is 0.218. The van der Waals surface area contributed by atoms with E-state index < -0.39 is 33.3 Å². The number of carbonyl (C=O) groups excluding carboxylic acids is 3. The van der Waals surface area contributed by atoms with Gasteiger partial charge in [0.05, 0.1) is 11.8 Å². The van der Waals surface area contributed by atoms with Crippen molar-refractivity contribution in [1.29, 1.82) is 0 Å². The third-order valence-electron chi connectivity index (χ3n) is 4.32. The molecule has 0 spiro atoms. The number of carbonyl (C=O) groups is 3. The minimum absolute atomic E-state index is 0.0669. The highest BCUT2D eigenvalue weighted by molar-refractivity contribution is 14.1. The molecule has 1 aromatic carbocycles. The Morgan fingerprint density at radius 2 is 1.93 bits per heavy atom. The number of fused-ring (bicyclic) bond motifs is 1. The van der Waals surface area contributed by atoms with Crippen LogP contribution in [0.4, 0.5) is 0 Å². The van der Waals surface area contributed by atoms with Crippen molar-refractivity contribution in [2.24, 2.45) is 0 Å². The van der Waals surface area contributed by atoms with Crippen LogP contribution >= 0.6 is 67.8 Å². The molecule has 0 saturated heterocycles. The van der Waals surface area contributed by atoms with Gasteiger partial charge in [-0.1, -0.05) is 0 Å². The van der Waals surface area contributed by atoms with E-state index in [9.17, 15) is 22.8 Å². The van der Waals surface area contributed by atoms with E-state index in [1.807, 2.05) is 28.7 Å². The van der Waals surface area contributed by atoms with Gasteiger partial charge in [0.15, 0.2) is 11.5 Å². The lowest BCUT2D eigenvalue weighted by Crippen LogP contribution is -2.55. The van der Waals surface area contributed by atoms with Gasteiger partial charge in [0.2, 0.25) is 26.9 Å². The van der Waals surface area contributed by atoms with E-state index >= 15 is 0 Å². The lowest BCUT2D eigenvalue weighted by Gasteiger charge is -2.31. The van der Waals surface area contributed by atoms with Crippen molar-refractivity contribution in [3.05, 3.63) is 39.9 Å². The molecule has 13 heteroatoms. The summed E-state index contributed by atoms with van der Waals surface area (Å²) in [6, 6.07) is 3.53. The van der Waals surface area contributed by atoms with Gasteiger partial charge in [-0.05, 0) is 79.9 Å². The Hall–Kier alpha value is -0.950. The molecule has 0 fully saturated rings. The maximum absolute atomic E-state index is 12.8. The van der Waals surface area contributed by atoms with E-state index in [-0.39, 0.29) is 29.4 Å². The first-order chi connectivity index (χ1) is 13.4. The van der Waals surface area contributed by atoms with Crippen LogP contribution in [0.3, 0.4) is 0 Å². The number of furan rings is 1. The first-order valence-corrected chi connectivity index (χ1v) is 12.8. The van der Waals surface area contributed by atoms with Gasteiger partial charge in [-0.15, -0.1) is 0 Å². The van der Waals surface area contributed by atoms with Crippen LogP contribution in [0.1, 0.15) is 21.9 Å². The summed E-state index contributed by atoms with van der Waals surface area (Å²) in [6.45, 7) is 0. The van der Waals surface area contributed by atoms with Crippen LogP contribution < -0.4 is 14.2 Å². The molecule has 0 saturated carbocycles. The SMILES string of the molecule is CS(=O)(=O)NC(=O)C12Cc3oc1c(OC(=O)c1cc(I)cc(I)c1I)c3OC2=O. The highest BCUT2D eigenvalue weighted by Gasteiger charge is 2.65. The predicted molar refractivity (Wildman–Crippen MR) is 122 cm³/mol. The van der Waals surface area contributed by atoms with E-state index in [1.165, 1.54) is 0 Å². The van der Waals surface area contributed by atoms with Gasteiger partial charge in [-0.25, -0.2) is 18.0 Å². The van der Waals surface area contributed by atoms with Crippen molar-refractivity contribution in [3.8, 4) is 11.5 Å². The molecule has 0 radical (unpaired) electrons. The molecular weight excluding hydrogens is 747 g/mol. The lowest BCUT2D eigenvalue weighted by atomic mass is 9.77. The molecule has 4 bridgehead atoms. The normalized spacial score (nSPS) is 19.2. The zero-order valence-electron chi connectivity index (χ0n) is 14.2. The van der Waals surface area contributed by atoms with Gasteiger partial charge < -0.3 is 13.9 Å². The largest absolute Gasteiger partial charge is 0.456 e. The van der Waals surface area contributed by atoms with Gasteiger partial charge in [-0.2, -0.15) is 0 Å². The number of hydrogen-bond acceptors (Lipinski definition) is 8. The van der Waals surface area contributed by atoms with Crippen LogP contribution in [0.5, 0.6) is 11.5 Å². The molecule has 1 unspecified atom stereocenters. The molecule has 9 nitrogen and oxygen atoms in total. The summed E-state index contributed by atoms with van der Waals surface area (Å²) in [6.07, 6.45) is 0.585. The molecule has 4 heterocycles. The molecule has 0 aliphatic carbocycles. The first kappa shape index (κ1) is 21.3. The fourth-order valence-corrected chi connectivity index (χ4v) is 5.98. The van der Waals surface area contributed by atoms with Crippen LogP contribution in [0.25, 0.3) is 0 Å². The lowest BCUT2D eigenvalue weighted by molar-refractivity contribution is -0.149. The van der Waals surface area contributed by atoms with Crippen LogP contribution in [0.2, 0.25) is 0 Å². The fourth-order valence-electron chi connectivity index (χ4n) is 3.09. The van der Waals surface area contributed by atoms with E-state index in [0.29, 0.717) is 9.13 Å². The maximum Gasteiger partial charge on any atom is 0.344 e. The fraction of sp³-hybridized carbons (Fsp3) is 0.188. The second kappa shape index (κ2) is 7.04. The third-order valence-corrected chi connectivity index (χ3v) is 8.54. The van der Waals surface area contributed by atoms with Crippen molar-refractivity contribution < 1.29 is 36.7 Å². The van der Waals surface area contributed by atoms with Crippen LogP contribution in [-0.2, 0) is 31.4 Å². The molecule has 2 aromatic rings. The summed E-state index contributed by atoms with van der Waals surface area (Å²) in [4.78, 5) is 37.8. The van der Waals surface area contributed by atoms with Crippen molar-refractivity contribution in [1.82, 2.24) is 4.72 Å². The van der Waals surface area contributed by atoms with Gasteiger partial charge in [0, 0.05) is 17.1 Å². The topological polar surface area (TPSA) is 129 Å². The van der Waals surface area contributed by atoms with Crippen molar-refractivity contribution in [2.75, 3.05) is 6.26 Å². The standard InChI is InChI=1S/C16H8I3NO8S/c1-29(24,25)20-14(22)16-4-8-10(28-15(16)23)11(12(16)26-8)27-13(21)6-2-5(17)3-7(18)9(6)19/h2-3H,4H2,1H3,(H,20,22). The zero-order valence-corrected chi connectivity index (χ0v) is 21.5. The number of nitrogens with one attached hydrogen (secondary N) is 1. The van der Waals surface area contributed by atoms with E-state index in [4.69, 9.17) is 13.9 Å². The molecule has 3 aliphatic heterocycles. The average Bonchev–Trinajstić information content (AvgIpc) is 3.11. The average molecular weight is 755 g/mol. The molecule has 1 N–H and O–H groups in total. The summed E-state index contributed by atoms with van der Waals surface area (Å²) >= 11 is 6.17. The molecular formula is C16H8I3NO8S. The highest BCUT2D eigenvalue weighted by atomic mass is 127. The zero-order chi connectivity index (χ0) is 21.3. The molecule has 1 aromatic heterocycles. The number of esters is 2. The van der Waals surface area contributed by atoms with Gasteiger partial charge >= 0.3 is 11.9 Å².